The van der Waals surface area contributed by atoms with E-state index >= 15 is 0 Å². The lowest BCUT2D eigenvalue weighted by molar-refractivity contribution is 0.0505. The molecule has 1 aromatic rings. The van der Waals surface area contributed by atoms with Crippen LogP contribution in [0.15, 0.2) is 17.9 Å². The largest absolute Gasteiger partial charge is 0.462 e. The van der Waals surface area contributed by atoms with Gasteiger partial charge in [0.25, 0.3) is 6.08 Å². The Kier molecular flexibility index (Phi) is 6.63. The van der Waals surface area contributed by atoms with Crippen LogP contribution in [0.5, 0.6) is 6.01 Å². The van der Waals surface area contributed by atoms with Gasteiger partial charge in [-0.05, 0) is 45.1 Å². The first-order valence-electron chi connectivity index (χ1n) is 8.15. The molecular formula is C17H22F2N2O3. The summed E-state index contributed by atoms with van der Waals surface area (Å²) < 4.78 is 35.3. The molecule has 0 aliphatic heterocycles. The van der Waals surface area contributed by atoms with Crippen molar-refractivity contribution < 1.29 is 23.0 Å². The fourth-order valence-electron chi connectivity index (χ4n) is 2.50. The van der Waals surface area contributed by atoms with Crippen molar-refractivity contribution in [3.05, 3.63) is 29.1 Å². The van der Waals surface area contributed by atoms with Gasteiger partial charge < -0.3 is 9.47 Å². The van der Waals surface area contributed by atoms with Gasteiger partial charge in [0.2, 0.25) is 0 Å². The van der Waals surface area contributed by atoms with Crippen LogP contribution in [0.3, 0.4) is 0 Å². The highest BCUT2D eigenvalue weighted by Gasteiger charge is 2.18. The molecule has 0 unspecified atom stereocenters. The highest BCUT2D eigenvalue weighted by atomic mass is 19.3. The van der Waals surface area contributed by atoms with Crippen LogP contribution in [0.2, 0.25) is 0 Å². The number of ether oxygens (including phenoxy) is 2. The van der Waals surface area contributed by atoms with E-state index in [1.165, 1.54) is 19.5 Å². The van der Waals surface area contributed by atoms with Crippen molar-refractivity contribution in [3.63, 3.8) is 0 Å². The maximum absolute atomic E-state index is 12.3. The van der Waals surface area contributed by atoms with E-state index in [1.807, 2.05) is 0 Å². The van der Waals surface area contributed by atoms with Gasteiger partial charge in [0.05, 0.1) is 17.9 Å². The lowest BCUT2D eigenvalue weighted by Crippen LogP contribution is -2.21. The molecule has 0 bridgehead atoms. The summed E-state index contributed by atoms with van der Waals surface area (Å²) >= 11 is 0. The second-order valence-electron chi connectivity index (χ2n) is 5.96. The molecule has 1 heterocycles. The molecule has 0 amide bonds. The Hall–Kier alpha value is -2.05. The van der Waals surface area contributed by atoms with Gasteiger partial charge >= 0.3 is 12.0 Å². The molecule has 5 nitrogen and oxygen atoms in total. The van der Waals surface area contributed by atoms with Crippen molar-refractivity contribution in [1.82, 2.24) is 9.97 Å². The third-order valence-electron chi connectivity index (χ3n) is 4.03. The van der Waals surface area contributed by atoms with E-state index in [-0.39, 0.29) is 36.3 Å². The summed E-state index contributed by atoms with van der Waals surface area (Å²) in [5, 5.41) is 0. The van der Waals surface area contributed by atoms with Crippen LogP contribution >= 0.6 is 0 Å². The topological polar surface area (TPSA) is 61.3 Å². The Bertz CT molecular complexity index is 610. The maximum atomic E-state index is 12.3. The zero-order valence-electron chi connectivity index (χ0n) is 14.0. The van der Waals surface area contributed by atoms with Crippen LogP contribution in [0, 0.1) is 6.92 Å². The number of rotatable bonds is 6. The smallest absolute Gasteiger partial charge is 0.341 e. The fourth-order valence-corrected chi connectivity index (χ4v) is 2.50. The van der Waals surface area contributed by atoms with Gasteiger partial charge in [-0.2, -0.15) is 13.8 Å². The summed E-state index contributed by atoms with van der Waals surface area (Å²) in [6, 6.07) is 0.259. The monoisotopic (exact) mass is 340 g/mol. The number of hydrogen-bond acceptors (Lipinski definition) is 5. The molecule has 0 saturated heterocycles. The summed E-state index contributed by atoms with van der Waals surface area (Å²) in [4.78, 5) is 20.2. The second-order valence-corrected chi connectivity index (χ2v) is 5.96. The molecule has 1 fully saturated rings. The average Bonchev–Trinajstić information content (AvgIpc) is 2.55. The molecule has 1 saturated carbocycles. The molecule has 132 valence electrons. The minimum atomic E-state index is -1.74. The van der Waals surface area contributed by atoms with Crippen molar-refractivity contribution in [2.45, 2.75) is 58.5 Å². The Morgan fingerprint density at radius 3 is 2.62 bits per heavy atom. The van der Waals surface area contributed by atoms with Gasteiger partial charge in [-0.15, -0.1) is 0 Å². The molecule has 1 aromatic heterocycles. The number of carbonyl (C=O) groups is 1. The van der Waals surface area contributed by atoms with Gasteiger partial charge in [-0.25, -0.2) is 9.78 Å². The molecule has 0 aromatic carbocycles. The van der Waals surface area contributed by atoms with Gasteiger partial charge in [0.1, 0.15) is 6.10 Å². The molecular weight excluding hydrogens is 318 g/mol. The SMILES string of the molecule is CC(CCOC(=O)c1cnc(OC2CCCCC2)nc1C)=C(F)F. The number of nitrogens with zero attached hydrogens (tertiary/aromatic N) is 2. The number of halogens is 2. The normalized spacial score (nSPS) is 15.0. The first kappa shape index (κ1) is 18.3. The third kappa shape index (κ3) is 5.25. The van der Waals surface area contributed by atoms with Crippen molar-refractivity contribution in [2.75, 3.05) is 6.61 Å². The van der Waals surface area contributed by atoms with Crippen LogP contribution in [0.25, 0.3) is 0 Å². The zero-order valence-corrected chi connectivity index (χ0v) is 14.0. The predicted octanol–water partition coefficient (Wildman–Crippen LogP) is 4.21. The van der Waals surface area contributed by atoms with E-state index in [9.17, 15) is 13.6 Å². The van der Waals surface area contributed by atoms with Crippen LogP contribution in [-0.4, -0.2) is 28.6 Å². The first-order valence-corrected chi connectivity index (χ1v) is 8.15. The Morgan fingerprint density at radius 1 is 1.29 bits per heavy atom. The molecule has 1 aliphatic carbocycles. The van der Waals surface area contributed by atoms with E-state index < -0.39 is 12.0 Å². The molecule has 0 radical (unpaired) electrons. The number of esters is 1. The summed E-state index contributed by atoms with van der Waals surface area (Å²) in [6.07, 6.45) is 5.23. The minimum Gasteiger partial charge on any atom is -0.462 e. The van der Waals surface area contributed by atoms with E-state index in [4.69, 9.17) is 9.47 Å². The van der Waals surface area contributed by atoms with Crippen molar-refractivity contribution >= 4 is 5.97 Å². The predicted molar refractivity (Wildman–Crippen MR) is 84.1 cm³/mol. The van der Waals surface area contributed by atoms with E-state index in [0.29, 0.717) is 5.69 Å². The van der Waals surface area contributed by atoms with E-state index in [1.54, 1.807) is 6.92 Å². The Morgan fingerprint density at radius 2 is 2.00 bits per heavy atom. The summed E-state index contributed by atoms with van der Waals surface area (Å²) in [5.41, 5.74) is 0.574. The summed E-state index contributed by atoms with van der Waals surface area (Å²) in [5.74, 6) is -0.621. The quantitative estimate of drug-likeness (QED) is 0.726. The van der Waals surface area contributed by atoms with Crippen LogP contribution in [0.1, 0.15) is 61.5 Å². The number of hydrogen-bond donors (Lipinski definition) is 0. The number of aryl methyl sites for hydroxylation is 1. The highest BCUT2D eigenvalue weighted by Crippen LogP contribution is 2.22. The summed E-state index contributed by atoms with van der Waals surface area (Å²) in [7, 11) is 0. The van der Waals surface area contributed by atoms with Gasteiger partial charge in [0.15, 0.2) is 0 Å². The first-order chi connectivity index (χ1) is 11.5. The minimum absolute atomic E-state index is 0.00312. The molecule has 1 aliphatic rings. The highest BCUT2D eigenvalue weighted by molar-refractivity contribution is 5.90. The number of carbonyl (C=O) groups excluding carboxylic acids is 1. The second kappa shape index (κ2) is 8.70. The van der Waals surface area contributed by atoms with E-state index in [0.717, 1.165) is 25.7 Å². The molecule has 0 atom stereocenters. The molecule has 24 heavy (non-hydrogen) atoms. The molecule has 2 rings (SSSR count). The number of aromatic nitrogens is 2. The molecule has 7 heteroatoms. The van der Waals surface area contributed by atoms with Crippen molar-refractivity contribution in [3.8, 4) is 6.01 Å². The van der Waals surface area contributed by atoms with Crippen LogP contribution in [-0.2, 0) is 4.74 Å². The third-order valence-corrected chi connectivity index (χ3v) is 4.03. The van der Waals surface area contributed by atoms with Crippen molar-refractivity contribution in [2.24, 2.45) is 0 Å². The summed E-state index contributed by atoms with van der Waals surface area (Å²) in [6.45, 7) is 2.86. The lowest BCUT2D eigenvalue weighted by Gasteiger charge is -2.21. The zero-order chi connectivity index (χ0) is 17.5. The lowest BCUT2D eigenvalue weighted by atomic mass is 9.98. The van der Waals surface area contributed by atoms with Gasteiger partial charge in [-0.3, -0.25) is 0 Å². The van der Waals surface area contributed by atoms with Crippen LogP contribution in [0.4, 0.5) is 8.78 Å². The van der Waals surface area contributed by atoms with Crippen LogP contribution < -0.4 is 4.74 Å². The van der Waals surface area contributed by atoms with Gasteiger partial charge in [0, 0.05) is 12.6 Å². The molecule has 0 N–H and O–H groups in total. The standard InChI is InChI=1S/C17H22F2N2O3/c1-11(15(18)19)8-9-23-16(22)14-10-20-17(21-12(14)2)24-13-6-4-3-5-7-13/h10,13H,3-9H2,1-2H3. The Labute approximate surface area is 140 Å². The fraction of sp³-hybridized carbons (Fsp3) is 0.588. The van der Waals surface area contributed by atoms with Crippen molar-refractivity contribution in [1.29, 1.82) is 0 Å². The maximum Gasteiger partial charge on any atom is 0.341 e. The average molecular weight is 340 g/mol. The Balaban J connectivity index is 1.91. The van der Waals surface area contributed by atoms with E-state index in [2.05, 4.69) is 9.97 Å². The van der Waals surface area contributed by atoms with Gasteiger partial charge in [-0.1, -0.05) is 6.42 Å². The molecule has 0 spiro atoms.